The number of amides is 1. The number of carbonyl (C=O) groups excluding carboxylic acids is 1. The monoisotopic (exact) mass is 441 g/mol. The molecule has 1 N–H and O–H groups in total. The first-order valence-corrected chi connectivity index (χ1v) is 11.2. The lowest BCUT2D eigenvalue weighted by Gasteiger charge is -2.16. The fourth-order valence-electron chi connectivity index (χ4n) is 4.84. The highest BCUT2D eigenvalue weighted by Gasteiger charge is 2.21. The van der Waals surface area contributed by atoms with Crippen molar-refractivity contribution in [3.8, 4) is 5.75 Å². The van der Waals surface area contributed by atoms with Crippen molar-refractivity contribution in [2.45, 2.75) is 32.0 Å². The second-order valence-corrected chi connectivity index (χ2v) is 8.56. The third kappa shape index (κ3) is 3.19. The molecule has 1 aliphatic heterocycles. The molecule has 6 rings (SSSR count). The summed E-state index contributed by atoms with van der Waals surface area (Å²) in [5.41, 5.74) is 2.32. The fourth-order valence-corrected chi connectivity index (χ4v) is 4.84. The number of nitrogens with one attached hydrogen (secondary N) is 1. The highest BCUT2D eigenvalue weighted by Crippen LogP contribution is 2.34. The van der Waals surface area contributed by atoms with Gasteiger partial charge in [-0.25, -0.2) is 0 Å². The highest BCUT2D eigenvalue weighted by molar-refractivity contribution is 6.18. The normalized spacial score (nSPS) is 17.3. The molecule has 2 unspecified atom stereocenters. The molecule has 7 heteroatoms. The van der Waals surface area contributed by atoms with Crippen LogP contribution < -0.4 is 15.6 Å². The topological polar surface area (TPSA) is 81.9 Å². The molecule has 4 heterocycles. The van der Waals surface area contributed by atoms with E-state index in [0.29, 0.717) is 17.7 Å². The number of hydrogen-bond acceptors (Lipinski definition) is 5. The molecule has 1 fully saturated rings. The summed E-state index contributed by atoms with van der Waals surface area (Å²) in [7, 11) is 0. The van der Waals surface area contributed by atoms with E-state index in [1.54, 1.807) is 23.6 Å². The van der Waals surface area contributed by atoms with Crippen molar-refractivity contribution < 1.29 is 14.3 Å². The SMILES string of the molecule is CC(Oc1ccc2c(c1)c1ccnc3c4ccccc4c(=O)n2c13)C(=O)NCC1CCCO1. The van der Waals surface area contributed by atoms with E-state index in [2.05, 4.69) is 10.3 Å². The van der Waals surface area contributed by atoms with Crippen LogP contribution in [-0.2, 0) is 9.53 Å². The van der Waals surface area contributed by atoms with Gasteiger partial charge in [0.1, 0.15) is 5.75 Å². The summed E-state index contributed by atoms with van der Waals surface area (Å²) in [5.74, 6) is 0.395. The van der Waals surface area contributed by atoms with Crippen molar-refractivity contribution in [2.75, 3.05) is 13.2 Å². The summed E-state index contributed by atoms with van der Waals surface area (Å²) >= 11 is 0. The molecule has 166 valence electrons. The Bertz CT molecular complexity index is 1570. The van der Waals surface area contributed by atoms with Crippen LogP contribution in [0.5, 0.6) is 5.75 Å². The zero-order valence-electron chi connectivity index (χ0n) is 18.2. The minimum absolute atomic E-state index is 0.0679. The molecule has 1 saturated heterocycles. The molecule has 0 saturated carbocycles. The van der Waals surface area contributed by atoms with Crippen molar-refractivity contribution in [3.63, 3.8) is 0 Å². The molecule has 33 heavy (non-hydrogen) atoms. The average Bonchev–Trinajstić information content (AvgIpc) is 3.48. The largest absolute Gasteiger partial charge is 0.481 e. The van der Waals surface area contributed by atoms with Crippen molar-refractivity contribution >= 4 is 44.0 Å². The van der Waals surface area contributed by atoms with Crippen LogP contribution >= 0.6 is 0 Å². The van der Waals surface area contributed by atoms with Crippen molar-refractivity contribution in [2.24, 2.45) is 0 Å². The van der Waals surface area contributed by atoms with Crippen LogP contribution in [0, 0.1) is 0 Å². The van der Waals surface area contributed by atoms with Gasteiger partial charge in [0.05, 0.1) is 22.7 Å². The number of hydrogen-bond donors (Lipinski definition) is 1. The number of nitrogens with zero attached hydrogens (tertiary/aromatic N) is 2. The van der Waals surface area contributed by atoms with Gasteiger partial charge in [0.15, 0.2) is 6.10 Å². The molecule has 3 aromatic heterocycles. The van der Waals surface area contributed by atoms with Gasteiger partial charge in [-0.2, -0.15) is 0 Å². The lowest BCUT2D eigenvalue weighted by atomic mass is 10.1. The second kappa shape index (κ2) is 7.71. The Morgan fingerprint density at radius 2 is 2.03 bits per heavy atom. The maximum atomic E-state index is 13.3. The first kappa shape index (κ1) is 19.9. The Morgan fingerprint density at radius 1 is 1.18 bits per heavy atom. The number of aromatic nitrogens is 2. The summed E-state index contributed by atoms with van der Waals surface area (Å²) in [6.07, 6.45) is 3.20. The van der Waals surface area contributed by atoms with Crippen molar-refractivity contribution in [3.05, 3.63) is 65.1 Å². The standard InChI is InChI=1S/C26H23N3O4/c1-15(25(30)28-14-17-5-4-12-32-17)33-16-8-9-22-21(13-16)19-10-11-27-23-18-6-2-3-7-20(18)26(31)29(22)24(19)23/h2-3,6-11,13,15,17H,4-5,12,14H2,1H3,(H,28,30). The molecule has 0 radical (unpaired) electrons. The number of rotatable bonds is 5. The quantitative estimate of drug-likeness (QED) is 0.421. The second-order valence-electron chi connectivity index (χ2n) is 8.56. The van der Waals surface area contributed by atoms with E-state index in [1.807, 2.05) is 42.5 Å². The van der Waals surface area contributed by atoms with Gasteiger partial charge in [-0.3, -0.25) is 19.0 Å². The maximum absolute atomic E-state index is 13.3. The predicted octanol–water partition coefficient (Wildman–Crippen LogP) is 3.65. The third-order valence-electron chi connectivity index (χ3n) is 6.47. The Labute approximate surface area is 189 Å². The van der Waals surface area contributed by atoms with Crippen LogP contribution in [0.3, 0.4) is 0 Å². The molecule has 5 aromatic rings. The van der Waals surface area contributed by atoms with E-state index in [4.69, 9.17) is 9.47 Å². The Kier molecular flexibility index (Phi) is 4.66. The van der Waals surface area contributed by atoms with E-state index in [9.17, 15) is 9.59 Å². The van der Waals surface area contributed by atoms with E-state index in [0.717, 1.165) is 52.2 Å². The summed E-state index contributed by atoms with van der Waals surface area (Å²) in [6.45, 7) is 2.98. The van der Waals surface area contributed by atoms with Gasteiger partial charge < -0.3 is 14.8 Å². The summed E-state index contributed by atoms with van der Waals surface area (Å²) in [6, 6.07) is 15.0. The summed E-state index contributed by atoms with van der Waals surface area (Å²) < 4.78 is 13.3. The Balaban J connectivity index is 1.39. The lowest BCUT2D eigenvalue weighted by molar-refractivity contribution is -0.127. The van der Waals surface area contributed by atoms with Gasteiger partial charge in [0, 0.05) is 40.9 Å². The van der Waals surface area contributed by atoms with Crippen LogP contribution in [0.25, 0.3) is 38.1 Å². The molecule has 1 amide bonds. The molecule has 2 aromatic carbocycles. The fraction of sp³-hybridized carbons (Fsp3) is 0.269. The van der Waals surface area contributed by atoms with Gasteiger partial charge in [-0.15, -0.1) is 0 Å². The number of fused-ring (bicyclic) bond motifs is 5. The van der Waals surface area contributed by atoms with Gasteiger partial charge >= 0.3 is 0 Å². The third-order valence-corrected chi connectivity index (χ3v) is 6.47. The zero-order chi connectivity index (χ0) is 22.5. The van der Waals surface area contributed by atoms with Crippen molar-refractivity contribution in [1.29, 1.82) is 0 Å². The Hall–Kier alpha value is -3.71. The predicted molar refractivity (Wildman–Crippen MR) is 127 cm³/mol. The molecule has 0 spiro atoms. The highest BCUT2D eigenvalue weighted by atomic mass is 16.5. The van der Waals surface area contributed by atoms with Gasteiger partial charge in [0.2, 0.25) is 0 Å². The van der Waals surface area contributed by atoms with E-state index in [-0.39, 0.29) is 17.6 Å². The average molecular weight is 441 g/mol. The van der Waals surface area contributed by atoms with E-state index < -0.39 is 6.10 Å². The van der Waals surface area contributed by atoms with Crippen LogP contribution in [-0.4, -0.2) is 40.7 Å². The maximum Gasteiger partial charge on any atom is 0.263 e. The zero-order valence-corrected chi connectivity index (χ0v) is 18.2. The van der Waals surface area contributed by atoms with Gasteiger partial charge in [-0.1, -0.05) is 18.2 Å². The van der Waals surface area contributed by atoms with E-state index in [1.165, 1.54) is 0 Å². The minimum atomic E-state index is -0.656. The Morgan fingerprint density at radius 3 is 2.85 bits per heavy atom. The van der Waals surface area contributed by atoms with Crippen molar-refractivity contribution in [1.82, 2.24) is 14.7 Å². The minimum Gasteiger partial charge on any atom is -0.481 e. The number of pyridine rings is 2. The summed E-state index contributed by atoms with van der Waals surface area (Å²) in [5, 5.41) is 6.21. The van der Waals surface area contributed by atoms with Gasteiger partial charge in [-0.05, 0) is 50.1 Å². The number of carbonyl (C=O) groups is 1. The van der Waals surface area contributed by atoms with Crippen LogP contribution in [0.2, 0.25) is 0 Å². The number of ether oxygens (including phenoxy) is 2. The smallest absolute Gasteiger partial charge is 0.263 e. The van der Waals surface area contributed by atoms with Crippen LogP contribution in [0.4, 0.5) is 0 Å². The van der Waals surface area contributed by atoms with Crippen LogP contribution in [0.1, 0.15) is 19.8 Å². The first-order valence-electron chi connectivity index (χ1n) is 11.2. The van der Waals surface area contributed by atoms with Gasteiger partial charge in [0.25, 0.3) is 11.5 Å². The lowest BCUT2D eigenvalue weighted by Crippen LogP contribution is -2.40. The number of benzene rings is 2. The molecule has 0 bridgehead atoms. The molecular formula is C26H23N3O4. The first-order chi connectivity index (χ1) is 16.1. The molecule has 0 aliphatic carbocycles. The summed E-state index contributed by atoms with van der Waals surface area (Å²) in [4.78, 5) is 30.4. The molecule has 1 aliphatic rings. The molecule has 7 nitrogen and oxygen atoms in total. The van der Waals surface area contributed by atoms with E-state index >= 15 is 0 Å². The van der Waals surface area contributed by atoms with Crippen LogP contribution in [0.15, 0.2) is 59.5 Å². The molecular weight excluding hydrogens is 418 g/mol. The molecule has 2 atom stereocenters.